The van der Waals surface area contributed by atoms with Crippen LogP contribution in [0.15, 0.2) is 221 Å². The van der Waals surface area contributed by atoms with Gasteiger partial charge in [0.15, 0.2) is 17.5 Å². The zero-order chi connectivity index (χ0) is 41.0. The van der Waals surface area contributed by atoms with Gasteiger partial charge in [-0.3, -0.25) is 0 Å². The predicted octanol–water partition coefficient (Wildman–Crippen LogP) is 15.3. The van der Waals surface area contributed by atoms with Gasteiger partial charge in [0, 0.05) is 43.8 Å². The Morgan fingerprint density at radius 3 is 1.40 bits per heavy atom. The average molecular weight is 794 g/mol. The molecule has 3 heterocycles. The molecule has 0 unspecified atom stereocenters. The van der Waals surface area contributed by atoms with Gasteiger partial charge in [-0.25, -0.2) is 15.0 Å². The van der Waals surface area contributed by atoms with Gasteiger partial charge in [0.1, 0.15) is 22.3 Å². The minimum absolute atomic E-state index is 0.562. The van der Waals surface area contributed by atoms with E-state index in [1.807, 2.05) is 36.4 Å². The largest absolute Gasteiger partial charge is 0.456 e. The van der Waals surface area contributed by atoms with E-state index in [-0.39, 0.29) is 0 Å². The third-order valence-corrected chi connectivity index (χ3v) is 11.7. The van der Waals surface area contributed by atoms with Crippen LogP contribution in [0.25, 0.3) is 123 Å². The summed E-state index contributed by atoms with van der Waals surface area (Å²) < 4.78 is 13.1. The lowest BCUT2D eigenvalue weighted by Gasteiger charge is -2.13. The Balaban J connectivity index is 1.09. The second-order valence-electron chi connectivity index (χ2n) is 15.5. The molecule has 0 atom stereocenters. The molecule has 0 aliphatic rings. The normalized spacial score (nSPS) is 11.5. The summed E-state index contributed by atoms with van der Waals surface area (Å²) in [6.07, 6.45) is 0. The van der Waals surface area contributed by atoms with Crippen molar-refractivity contribution in [3.8, 4) is 78.7 Å². The Hall–Kier alpha value is -8.41. The number of aromatic nitrogens is 3. The van der Waals surface area contributed by atoms with E-state index < -0.39 is 0 Å². The highest BCUT2D eigenvalue weighted by Crippen LogP contribution is 2.45. The van der Waals surface area contributed by atoms with Crippen molar-refractivity contribution in [3.05, 3.63) is 212 Å². The molecule has 62 heavy (non-hydrogen) atoms. The molecule has 12 rings (SSSR count). The molecular weight excluding hydrogens is 759 g/mol. The fourth-order valence-electron chi connectivity index (χ4n) is 8.83. The Morgan fingerprint density at radius 1 is 0.258 bits per heavy atom. The lowest BCUT2D eigenvalue weighted by Crippen LogP contribution is -2.00. The molecule has 5 nitrogen and oxygen atoms in total. The first-order valence-corrected chi connectivity index (χ1v) is 20.8. The van der Waals surface area contributed by atoms with E-state index >= 15 is 0 Å². The number of para-hydroxylation sites is 1. The van der Waals surface area contributed by atoms with Crippen LogP contribution in [-0.4, -0.2) is 15.0 Å². The van der Waals surface area contributed by atoms with Gasteiger partial charge in [-0.1, -0.05) is 170 Å². The number of nitrogens with zero attached hydrogens (tertiary/aromatic N) is 3. The van der Waals surface area contributed by atoms with Crippen LogP contribution in [-0.2, 0) is 0 Å². The van der Waals surface area contributed by atoms with E-state index in [4.69, 9.17) is 23.8 Å². The maximum atomic E-state index is 6.63. The average Bonchev–Trinajstić information content (AvgIpc) is 3.93. The Morgan fingerprint density at radius 2 is 0.742 bits per heavy atom. The summed E-state index contributed by atoms with van der Waals surface area (Å²) in [7, 11) is 0. The fourth-order valence-corrected chi connectivity index (χ4v) is 8.83. The van der Waals surface area contributed by atoms with E-state index in [2.05, 4.69) is 176 Å². The van der Waals surface area contributed by atoms with E-state index in [9.17, 15) is 0 Å². The van der Waals surface area contributed by atoms with Crippen molar-refractivity contribution in [1.82, 2.24) is 15.0 Å². The quantitative estimate of drug-likeness (QED) is 0.161. The molecule has 290 valence electrons. The number of hydrogen-bond acceptors (Lipinski definition) is 5. The molecule has 0 aliphatic heterocycles. The van der Waals surface area contributed by atoms with Crippen LogP contribution in [0.5, 0.6) is 0 Å². The van der Waals surface area contributed by atoms with Crippen LogP contribution >= 0.6 is 0 Å². The minimum Gasteiger partial charge on any atom is -0.456 e. The summed E-state index contributed by atoms with van der Waals surface area (Å²) >= 11 is 0. The van der Waals surface area contributed by atoms with Gasteiger partial charge in [-0.15, -0.1) is 0 Å². The van der Waals surface area contributed by atoms with Crippen LogP contribution in [0.4, 0.5) is 0 Å². The van der Waals surface area contributed by atoms with Gasteiger partial charge < -0.3 is 8.83 Å². The van der Waals surface area contributed by atoms with Crippen LogP contribution in [0.3, 0.4) is 0 Å². The van der Waals surface area contributed by atoms with Crippen LogP contribution < -0.4 is 0 Å². The van der Waals surface area contributed by atoms with E-state index in [1.54, 1.807) is 0 Å². The van der Waals surface area contributed by atoms with Crippen LogP contribution in [0, 0.1) is 0 Å². The molecule has 0 fully saturated rings. The van der Waals surface area contributed by atoms with Crippen molar-refractivity contribution in [2.24, 2.45) is 0 Å². The zero-order valence-corrected chi connectivity index (χ0v) is 33.4. The van der Waals surface area contributed by atoms with Gasteiger partial charge >= 0.3 is 0 Å². The minimum atomic E-state index is 0.562. The van der Waals surface area contributed by atoms with Crippen LogP contribution in [0.2, 0.25) is 0 Å². The summed E-state index contributed by atoms with van der Waals surface area (Å²) in [5.41, 5.74) is 14.7. The van der Waals surface area contributed by atoms with Crippen molar-refractivity contribution in [3.63, 3.8) is 0 Å². The highest BCUT2D eigenvalue weighted by molar-refractivity contribution is 6.18. The molecule has 5 heteroatoms. The van der Waals surface area contributed by atoms with Crippen molar-refractivity contribution < 1.29 is 8.83 Å². The second-order valence-corrected chi connectivity index (χ2v) is 15.5. The van der Waals surface area contributed by atoms with E-state index in [1.165, 1.54) is 0 Å². The van der Waals surface area contributed by atoms with Crippen molar-refractivity contribution >= 4 is 43.9 Å². The monoisotopic (exact) mass is 793 g/mol. The second kappa shape index (κ2) is 14.7. The first-order valence-electron chi connectivity index (χ1n) is 20.8. The number of fused-ring (bicyclic) bond motifs is 6. The van der Waals surface area contributed by atoms with Gasteiger partial charge in [0.25, 0.3) is 0 Å². The summed E-state index contributed by atoms with van der Waals surface area (Å²) in [5.74, 6) is 1.74. The molecule has 9 aromatic carbocycles. The predicted molar refractivity (Wildman–Crippen MR) is 252 cm³/mol. The summed E-state index contributed by atoms with van der Waals surface area (Å²) in [4.78, 5) is 15.7. The number of furan rings is 2. The summed E-state index contributed by atoms with van der Waals surface area (Å²) in [6.45, 7) is 0. The van der Waals surface area contributed by atoms with E-state index in [0.29, 0.717) is 17.5 Å². The van der Waals surface area contributed by atoms with E-state index in [0.717, 1.165) is 105 Å². The zero-order valence-electron chi connectivity index (χ0n) is 33.4. The summed E-state index contributed by atoms with van der Waals surface area (Å²) in [5, 5.41) is 4.06. The maximum absolute atomic E-state index is 6.63. The SMILES string of the molecule is c1ccc(-c2cccc(-c3nc(-c4cccc(-c5ccccc5)c4)nc(-c4cccc5oc6ccc(-c7c(-c8ccccc8)ccc8oc9ccccc9c78)cc6c45)n3)c2)cc1. The molecule has 12 aromatic rings. The number of rotatable bonds is 7. The Bertz CT molecular complexity index is 3530. The molecule has 0 saturated carbocycles. The highest BCUT2D eigenvalue weighted by Gasteiger charge is 2.22. The first kappa shape index (κ1) is 35.5. The van der Waals surface area contributed by atoms with Gasteiger partial charge in [-0.05, 0) is 81.4 Å². The van der Waals surface area contributed by atoms with Crippen LogP contribution in [0.1, 0.15) is 0 Å². The fraction of sp³-hybridized carbons (Fsp3) is 0. The smallest absolute Gasteiger partial charge is 0.164 e. The topological polar surface area (TPSA) is 65.0 Å². The Labute approximate surface area is 357 Å². The molecule has 3 aromatic heterocycles. The standard InChI is InChI=1S/C57H35N3O2/c1-4-15-36(16-5-1)39-21-12-23-42(33-39)55-58-56(43-24-13-22-40(34-43)37-17-6-2-7-18-37)60-57(59-55)46-26-14-28-50-53(46)47-35-41(29-31-49(47)62-50)52-44(38-19-8-3-9-20-38)30-32-51-54(52)45-25-10-11-27-48(45)61-51/h1-35H. The van der Waals surface area contributed by atoms with Crippen molar-refractivity contribution in [2.75, 3.05) is 0 Å². The molecule has 0 N–H and O–H groups in total. The highest BCUT2D eigenvalue weighted by atomic mass is 16.3. The molecule has 0 saturated heterocycles. The van der Waals surface area contributed by atoms with Gasteiger partial charge in [0.05, 0.1) is 0 Å². The molecule has 0 spiro atoms. The van der Waals surface area contributed by atoms with Gasteiger partial charge in [-0.2, -0.15) is 0 Å². The molecule has 0 amide bonds. The van der Waals surface area contributed by atoms with Gasteiger partial charge in [0.2, 0.25) is 0 Å². The molecule has 0 radical (unpaired) electrons. The third-order valence-electron chi connectivity index (χ3n) is 11.7. The summed E-state index contributed by atoms with van der Waals surface area (Å²) in [6, 6.07) is 73.3. The molecule has 0 aliphatic carbocycles. The third kappa shape index (κ3) is 6.14. The number of hydrogen-bond donors (Lipinski definition) is 0. The van der Waals surface area contributed by atoms with Crippen molar-refractivity contribution in [2.45, 2.75) is 0 Å². The lowest BCUT2D eigenvalue weighted by atomic mass is 9.90. The lowest BCUT2D eigenvalue weighted by molar-refractivity contribution is 0.669. The Kier molecular flexibility index (Phi) is 8.42. The van der Waals surface area contributed by atoms with Crippen molar-refractivity contribution in [1.29, 1.82) is 0 Å². The first-order chi connectivity index (χ1) is 30.7. The molecule has 0 bridgehead atoms. The number of benzene rings is 9. The molecular formula is C57H35N3O2. The maximum Gasteiger partial charge on any atom is 0.164 e.